The first-order valence-corrected chi connectivity index (χ1v) is 5.86. The molecule has 1 unspecified atom stereocenters. The SMILES string of the molecule is CNCC1CCN(c2ccc(C(N)=O)cn2)C1. The van der Waals surface area contributed by atoms with Gasteiger partial charge in [-0.25, -0.2) is 4.98 Å². The molecule has 0 spiro atoms. The van der Waals surface area contributed by atoms with Gasteiger partial charge >= 0.3 is 0 Å². The fraction of sp³-hybridized carbons (Fsp3) is 0.500. The highest BCUT2D eigenvalue weighted by molar-refractivity contribution is 5.92. The summed E-state index contributed by atoms with van der Waals surface area (Å²) in [6.45, 7) is 3.08. The molecule has 17 heavy (non-hydrogen) atoms. The van der Waals surface area contributed by atoms with Gasteiger partial charge in [0, 0.05) is 19.3 Å². The van der Waals surface area contributed by atoms with Gasteiger partial charge in [-0.15, -0.1) is 0 Å². The first-order valence-electron chi connectivity index (χ1n) is 5.86. The molecule has 5 heteroatoms. The Kier molecular flexibility index (Phi) is 3.58. The topological polar surface area (TPSA) is 71.2 Å². The number of amides is 1. The number of carbonyl (C=O) groups excluding carboxylic acids is 1. The van der Waals surface area contributed by atoms with Crippen LogP contribution in [0, 0.1) is 5.92 Å². The second-order valence-electron chi connectivity index (χ2n) is 4.43. The van der Waals surface area contributed by atoms with Gasteiger partial charge in [0.05, 0.1) is 5.56 Å². The molecular formula is C12H18N4O. The fourth-order valence-corrected chi connectivity index (χ4v) is 2.21. The number of nitrogens with one attached hydrogen (secondary N) is 1. The van der Waals surface area contributed by atoms with E-state index >= 15 is 0 Å². The molecule has 92 valence electrons. The maximum atomic E-state index is 10.9. The number of anilines is 1. The second kappa shape index (κ2) is 5.14. The zero-order valence-corrected chi connectivity index (χ0v) is 10.0. The van der Waals surface area contributed by atoms with Crippen molar-refractivity contribution in [3.05, 3.63) is 23.9 Å². The lowest BCUT2D eigenvalue weighted by atomic mass is 10.1. The normalized spacial score (nSPS) is 19.6. The molecule has 1 aliphatic rings. The van der Waals surface area contributed by atoms with E-state index in [-0.39, 0.29) is 0 Å². The van der Waals surface area contributed by atoms with Crippen LogP contribution < -0.4 is 16.0 Å². The number of rotatable bonds is 4. The summed E-state index contributed by atoms with van der Waals surface area (Å²) in [6.07, 6.45) is 2.73. The minimum Gasteiger partial charge on any atom is -0.366 e. The van der Waals surface area contributed by atoms with Crippen LogP contribution in [0.4, 0.5) is 5.82 Å². The van der Waals surface area contributed by atoms with Gasteiger partial charge in [0.25, 0.3) is 0 Å². The van der Waals surface area contributed by atoms with Crippen LogP contribution in [0.25, 0.3) is 0 Å². The highest BCUT2D eigenvalue weighted by atomic mass is 16.1. The largest absolute Gasteiger partial charge is 0.366 e. The molecule has 1 fully saturated rings. The minimum absolute atomic E-state index is 0.432. The number of nitrogens with two attached hydrogens (primary N) is 1. The van der Waals surface area contributed by atoms with E-state index in [1.807, 2.05) is 13.1 Å². The molecule has 1 aliphatic heterocycles. The Balaban J connectivity index is 2.01. The Hall–Kier alpha value is -1.62. The molecule has 1 atom stereocenters. The molecule has 1 saturated heterocycles. The average Bonchev–Trinajstić information content (AvgIpc) is 2.78. The molecule has 1 amide bonds. The van der Waals surface area contributed by atoms with Gasteiger partial charge < -0.3 is 16.0 Å². The molecule has 1 aromatic heterocycles. The number of hydrogen-bond donors (Lipinski definition) is 2. The van der Waals surface area contributed by atoms with Gasteiger partial charge in [0.1, 0.15) is 5.82 Å². The Morgan fingerprint density at radius 3 is 3.06 bits per heavy atom. The predicted molar refractivity (Wildman–Crippen MR) is 67.0 cm³/mol. The van der Waals surface area contributed by atoms with Crippen LogP contribution in [0.15, 0.2) is 18.3 Å². The van der Waals surface area contributed by atoms with Crippen molar-refractivity contribution in [1.82, 2.24) is 10.3 Å². The Morgan fingerprint density at radius 1 is 1.65 bits per heavy atom. The van der Waals surface area contributed by atoms with Gasteiger partial charge in [0.2, 0.25) is 5.91 Å². The summed E-state index contributed by atoms with van der Waals surface area (Å²) in [7, 11) is 1.97. The maximum Gasteiger partial charge on any atom is 0.250 e. The summed E-state index contributed by atoms with van der Waals surface area (Å²) < 4.78 is 0. The summed E-state index contributed by atoms with van der Waals surface area (Å²) in [6, 6.07) is 3.60. The van der Waals surface area contributed by atoms with Crippen molar-refractivity contribution in [2.75, 3.05) is 31.6 Å². The Labute approximate surface area is 101 Å². The molecule has 0 aliphatic carbocycles. The monoisotopic (exact) mass is 234 g/mol. The molecular weight excluding hydrogens is 216 g/mol. The predicted octanol–water partition coefficient (Wildman–Crippen LogP) is 0.226. The van der Waals surface area contributed by atoms with Crippen molar-refractivity contribution in [3.8, 4) is 0 Å². The second-order valence-corrected chi connectivity index (χ2v) is 4.43. The van der Waals surface area contributed by atoms with E-state index in [1.54, 1.807) is 12.3 Å². The summed E-state index contributed by atoms with van der Waals surface area (Å²) in [5, 5.41) is 3.20. The van der Waals surface area contributed by atoms with Crippen molar-refractivity contribution in [2.45, 2.75) is 6.42 Å². The summed E-state index contributed by atoms with van der Waals surface area (Å²) in [4.78, 5) is 17.5. The van der Waals surface area contributed by atoms with Crippen LogP contribution >= 0.6 is 0 Å². The summed E-state index contributed by atoms with van der Waals surface area (Å²) >= 11 is 0. The number of carbonyl (C=O) groups is 1. The van der Waals surface area contributed by atoms with E-state index in [0.29, 0.717) is 11.5 Å². The van der Waals surface area contributed by atoms with Gasteiger partial charge in [-0.1, -0.05) is 0 Å². The van der Waals surface area contributed by atoms with Crippen LogP contribution in [0.1, 0.15) is 16.8 Å². The van der Waals surface area contributed by atoms with Crippen LogP contribution in [0.5, 0.6) is 0 Å². The van der Waals surface area contributed by atoms with Crippen molar-refractivity contribution in [1.29, 1.82) is 0 Å². The zero-order chi connectivity index (χ0) is 12.3. The lowest BCUT2D eigenvalue weighted by Crippen LogP contribution is -2.25. The summed E-state index contributed by atoms with van der Waals surface area (Å²) in [5.41, 5.74) is 5.64. The van der Waals surface area contributed by atoms with Gasteiger partial charge in [-0.3, -0.25) is 4.79 Å². The molecule has 2 rings (SSSR count). The highest BCUT2D eigenvalue weighted by Gasteiger charge is 2.22. The van der Waals surface area contributed by atoms with Crippen molar-refractivity contribution < 1.29 is 4.79 Å². The quantitative estimate of drug-likeness (QED) is 0.782. The number of nitrogens with zero attached hydrogens (tertiary/aromatic N) is 2. The molecule has 0 saturated carbocycles. The highest BCUT2D eigenvalue weighted by Crippen LogP contribution is 2.21. The van der Waals surface area contributed by atoms with E-state index in [4.69, 9.17) is 5.73 Å². The maximum absolute atomic E-state index is 10.9. The van der Waals surface area contributed by atoms with Crippen LogP contribution in [0.2, 0.25) is 0 Å². The van der Waals surface area contributed by atoms with E-state index in [9.17, 15) is 4.79 Å². The summed E-state index contributed by atoms with van der Waals surface area (Å²) in [5.74, 6) is 1.17. The van der Waals surface area contributed by atoms with E-state index in [2.05, 4.69) is 15.2 Å². The lowest BCUT2D eigenvalue weighted by molar-refractivity contribution is 0.1000. The first-order chi connectivity index (χ1) is 8.20. The Bertz CT molecular complexity index is 390. The number of aromatic nitrogens is 1. The fourth-order valence-electron chi connectivity index (χ4n) is 2.21. The van der Waals surface area contributed by atoms with Crippen LogP contribution in [-0.2, 0) is 0 Å². The van der Waals surface area contributed by atoms with E-state index < -0.39 is 5.91 Å². The molecule has 0 bridgehead atoms. The lowest BCUT2D eigenvalue weighted by Gasteiger charge is -2.17. The smallest absolute Gasteiger partial charge is 0.250 e. The minimum atomic E-state index is -0.432. The third kappa shape index (κ3) is 2.74. The Morgan fingerprint density at radius 2 is 2.47 bits per heavy atom. The van der Waals surface area contributed by atoms with Crippen molar-refractivity contribution in [3.63, 3.8) is 0 Å². The number of pyridine rings is 1. The van der Waals surface area contributed by atoms with Gasteiger partial charge in [-0.2, -0.15) is 0 Å². The van der Waals surface area contributed by atoms with Crippen LogP contribution in [-0.4, -0.2) is 37.6 Å². The van der Waals surface area contributed by atoms with Crippen LogP contribution in [0.3, 0.4) is 0 Å². The zero-order valence-electron chi connectivity index (χ0n) is 10.0. The van der Waals surface area contributed by atoms with Gasteiger partial charge in [-0.05, 0) is 38.1 Å². The molecule has 5 nitrogen and oxygen atoms in total. The third-order valence-electron chi connectivity index (χ3n) is 3.14. The van der Waals surface area contributed by atoms with E-state index in [0.717, 1.165) is 25.5 Å². The number of primary amides is 1. The molecule has 0 aromatic carbocycles. The first kappa shape index (κ1) is 11.9. The molecule has 3 N–H and O–H groups in total. The molecule has 2 heterocycles. The molecule has 0 radical (unpaired) electrons. The van der Waals surface area contributed by atoms with Gasteiger partial charge in [0.15, 0.2) is 0 Å². The van der Waals surface area contributed by atoms with E-state index in [1.165, 1.54) is 6.42 Å². The van der Waals surface area contributed by atoms with Crippen molar-refractivity contribution in [2.24, 2.45) is 11.7 Å². The average molecular weight is 234 g/mol. The van der Waals surface area contributed by atoms with Crippen molar-refractivity contribution >= 4 is 11.7 Å². The standard InChI is InChI=1S/C12H18N4O/c1-14-6-9-4-5-16(8-9)11-3-2-10(7-15-11)12(13)17/h2-3,7,9,14H,4-6,8H2,1H3,(H2,13,17). The third-order valence-corrected chi connectivity index (χ3v) is 3.14. The number of hydrogen-bond acceptors (Lipinski definition) is 4. The molecule has 1 aromatic rings.